The van der Waals surface area contributed by atoms with Gasteiger partial charge in [0.2, 0.25) is 5.91 Å². The van der Waals surface area contributed by atoms with E-state index in [1.807, 2.05) is 24.3 Å². The number of anilines is 1. The maximum Gasteiger partial charge on any atom is 0.325 e. The molecule has 0 spiro atoms. The predicted octanol–water partition coefficient (Wildman–Crippen LogP) is 2.59. The van der Waals surface area contributed by atoms with Gasteiger partial charge in [-0.05, 0) is 49.6 Å². The molecule has 1 aliphatic heterocycles. The molecule has 1 fully saturated rings. The van der Waals surface area contributed by atoms with Gasteiger partial charge in [0.25, 0.3) is 5.91 Å². The van der Waals surface area contributed by atoms with Crippen molar-refractivity contribution in [3.05, 3.63) is 54.1 Å². The van der Waals surface area contributed by atoms with Crippen molar-refractivity contribution in [3.63, 3.8) is 0 Å². The fourth-order valence-electron chi connectivity index (χ4n) is 3.33. The van der Waals surface area contributed by atoms with E-state index in [1.165, 1.54) is 7.11 Å². The van der Waals surface area contributed by atoms with Gasteiger partial charge in [-0.1, -0.05) is 24.3 Å². The third-order valence-corrected chi connectivity index (χ3v) is 5.10. The Labute approximate surface area is 175 Å². The molecule has 2 N–H and O–H groups in total. The summed E-state index contributed by atoms with van der Waals surface area (Å²) in [4.78, 5) is 38.6. The van der Waals surface area contributed by atoms with Crippen molar-refractivity contribution in [3.8, 4) is 11.5 Å². The summed E-state index contributed by atoms with van der Waals surface area (Å²) in [5.41, 5.74) is 0.424. The number of benzene rings is 2. The molecular weight excluding hydrogens is 386 g/mol. The second-order valence-corrected chi connectivity index (χ2v) is 7.25. The van der Waals surface area contributed by atoms with E-state index in [-0.39, 0.29) is 6.54 Å². The Morgan fingerprint density at radius 3 is 2.43 bits per heavy atom. The first-order valence-corrected chi connectivity index (χ1v) is 9.56. The van der Waals surface area contributed by atoms with Gasteiger partial charge in [0.1, 0.15) is 23.6 Å². The van der Waals surface area contributed by atoms with Crippen LogP contribution in [0, 0.1) is 0 Å². The molecule has 2 aromatic rings. The summed E-state index contributed by atoms with van der Waals surface area (Å²) in [6, 6.07) is 13.9. The number of carbonyl (C=O) groups is 3. The molecule has 0 aliphatic carbocycles. The standard InChI is InChI=1S/C22H25N3O5/c1-22(13-12-15-8-10-16(29-2)11-9-15)20(27)25(21(28)24-22)14-19(26)23-17-6-4-5-7-18(17)30-3/h4-11H,12-14H2,1-3H3,(H,23,26)(H,24,28)/t22-/m0/s1. The average molecular weight is 411 g/mol. The molecule has 1 heterocycles. The number of urea groups is 1. The van der Waals surface area contributed by atoms with E-state index in [1.54, 1.807) is 38.3 Å². The summed E-state index contributed by atoms with van der Waals surface area (Å²) in [5.74, 6) is 0.341. The molecule has 0 radical (unpaired) electrons. The number of amides is 4. The number of carbonyl (C=O) groups excluding carboxylic acids is 3. The molecule has 8 nitrogen and oxygen atoms in total. The van der Waals surface area contributed by atoms with Gasteiger partial charge < -0.3 is 20.1 Å². The molecule has 158 valence electrons. The summed E-state index contributed by atoms with van der Waals surface area (Å²) < 4.78 is 10.3. The summed E-state index contributed by atoms with van der Waals surface area (Å²) in [6.07, 6.45) is 1.00. The minimum Gasteiger partial charge on any atom is -0.497 e. The molecule has 0 saturated carbocycles. The minimum absolute atomic E-state index is 0.374. The van der Waals surface area contributed by atoms with Crippen molar-refractivity contribution in [2.45, 2.75) is 25.3 Å². The topological polar surface area (TPSA) is 97.0 Å². The lowest BCUT2D eigenvalue weighted by atomic mass is 9.93. The first kappa shape index (κ1) is 21.2. The van der Waals surface area contributed by atoms with Crippen LogP contribution in [0.5, 0.6) is 11.5 Å². The van der Waals surface area contributed by atoms with Crippen LogP contribution in [-0.4, -0.2) is 49.0 Å². The largest absolute Gasteiger partial charge is 0.497 e. The Balaban J connectivity index is 1.62. The van der Waals surface area contributed by atoms with Crippen LogP contribution in [-0.2, 0) is 16.0 Å². The van der Waals surface area contributed by atoms with Crippen molar-refractivity contribution >= 4 is 23.5 Å². The van der Waals surface area contributed by atoms with Crippen molar-refractivity contribution in [1.29, 1.82) is 0 Å². The van der Waals surface area contributed by atoms with Crippen molar-refractivity contribution in [1.82, 2.24) is 10.2 Å². The SMILES string of the molecule is COc1ccc(CC[C@]2(C)NC(=O)N(CC(=O)Nc3ccccc3OC)C2=O)cc1. The third kappa shape index (κ3) is 4.53. The highest BCUT2D eigenvalue weighted by Gasteiger charge is 2.47. The summed E-state index contributed by atoms with van der Waals surface area (Å²) in [6.45, 7) is 1.30. The maximum absolute atomic E-state index is 12.9. The number of nitrogens with one attached hydrogen (secondary N) is 2. The molecule has 0 unspecified atom stereocenters. The van der Waals surface area contributed by atoms with Gasteiger partial charge in [0.15, 0.2) is 0 Å². The van der Waals surface area contributed by atoms with Gasteiger partial charge in [0, 0.05) is 0 Å². The highest BCUT2D eigenvalue weighted by Crippen LogP contribution is 2.25. The Kier molecular flexibility index (Phi) is 6.25. The number of aryl methyl sites for hydroxylation is 1. The number of methoxy groups -OCH3 is 2. The number of hydrogen-bond donors (Lipinski definition) is 2. The average Bonchev–Trinajstić information content (AvgIpc) is 2.96. The quantitative estimate of drug-likeness (QED) is 0.651. The van der Waals surface area contributed by atoms with E-state index >= 15 is 0 Å². The van der Waals surface area contributed by atoms with Crippen LogP contribution in [0.25, 0.3) is 0 Å². The molecule has 0 bridgehead atoms. The number of ether oxygens (including phenoxy) is 2. The highest BCUT2D eigenvalue weighted by molar-refractivity contribution is 6.10. The number of hydrogen-bond acceptors (Lipinski definition) is 5. The fraction of sp³-hybridized carbons (Fsp3) is 0.318. The molecule has 3 rings (SSSR count). The Morgan fingerprint density at radius 2 is 1.77 bits per heavy atom. The normalized spacial score (nSPS) is 18.2. The van der Waals surface area contributed by atoms with Crippen LogP contribution in [0.4, 0.5) is 10.5 Å². The summed E-state index contributed by atoms with van der Waals surface area (Å²) in [7, 11) is 3.10. The van der Waals surface area contributed by atoms with E-state index in [0.29, 0.717) is 24.3 Å². The van der Waals surface area contributed by atoms with Gasteiger partial charge in [0.05, 0.1) is 19.9 Å². The van der Waals surface area contributed by atoms with E-state index in [2.05, 4.69) is 10.6 Å². The van der Waals surface area contributed by atoms with E-state index in [4.69, 9.17) is 9.47 Å². The summed E-state index contributed by atoms with van der Waals surface area (Å²) >= 11 is 0. The predicted molar refractivity (Wildman–Crippen MR) is 112 cm³/mol. The highest BCUT2D eigenvalue weighted by atomic mass is 16.5. The van der Waals surface area contributed by atoms with Crippen molar-refractivity contribution < 1.29 is 23.9 Å². The fourth-order valence-corrected chi connectivity index (χ4v) is 3.33. The van der Waals surface area contributed by atoms with Gasteiger partial charge in [-0.25, -0.2) is 4.79 Å². The lowest BCUT2D eigenvalue weighted by Crippen LogP contribution is -2.45. The van der Waals surface area contributed by atoms with E-state index in [9.17, 15) is 14.4 Å². The summed E-state index contributed by atoms with van der Waals surface area (Å²) in [5, 5.41) is 5.40. The van der Waals surface area contributed by atoms with Crippen LogP contribution < -0.4 is 20.1 Å². The Morgan fingerprint density at radius 1 is 1.07 bits per heavy atom. The molecule has 4 amide bonds. The van der Waals surface area contributed by atoms with Crippen molar-refractivity contribution in [2.24, 2.45) is 0 Å². The Hall–Kier alpha value is -3.55. The number of imide groups is 1. The Bertz CT molecular complexity index is 944. The molecule has 30 heavy (non-hydrogen) atoms. The zero-order valence-corrected chi connectivity index (χ0v) is 17.2. The van der Waals surface area contributed by atoms with Gasteiger partial charge in [-0.15, -0.1) is 0 Å². The third-order valence-electron chi connectivity index (χ3n) is 5.10. The first-order chi connectivity index (χ1) is 14.4. The molecule has 0 aromatic heterocycles. The second kappa shape index (κ2) is 8.86. The minimum atomic E-state index is -1.07. The monoisotopic (exact) mass is 411 g/mol. The van der Waals surface area contributed by atoms with Crippen LogP contribution in [0.2, 0.25) is 0 Å². The second-order valence-electron chi connectivity index (χ2n) is 7.25. The molecule has 1 aliphatic rings. The van der Waals surface area contributed by atoms with E-state index < -0.39 is 23.4 Å². The van der Waals surface area contributed by atoms with Crippen molar-refractivity contribution in [2.75, 3.05) is 26.1 Å². The van der Waals surface area contributed by atoms with Crippen LogP contribution in [0.3, 0.4) is 0 Å². The smallest absolute Gasteiger partial charge is 0.325 e. The molecule has 1 atom stereocenters. The molecular formula is C22H25N3O5. The molecule has 1 saturated heterocycles. The lowest BCUT2D eigenvalue weighted by molar-refractivity contribution is -0.133. The van der Waals surface area contributed by atoms with Gasteiger partial charge in [-0.3, -0.25) is 14.5 Å². The zero-order chi connectivity index (χ0) is 21.7. The van der Waals surface area contributed by atoms with Crippen LogP contribution in [0.1, 0.15) is 18.9 Å². The molecule has 2 aromatic carbocycles. The number of para-hydroxylation sites is 2. The van der Waals surface area contributed by atoms with Crippen LogP contribution >= 0.6 is 0 Å². The van der Waals surface area contributed by atoms with Crippen LogP contribution in [0.15, 0.2) is 48.5 Å². The molecule has 8 heteroatoms. The first-order valence-electron chi connectivity index (χ1n) is 9.56. The number of rotatable bonds is 8. The zero-order valence-electron chi connectivity index (χ0n) is 17.2. The van der Waals surface area contributed by atoms with Gasteiger partial charge in [-0.2, -0.15) is 0 Å². The maximum atomic E-state index is 12.9. The van der Waals surface area contributed by atoms with Gasteiger partial charge >= 0.3 is 6.03 Å². The lowest BCUT2D eigenvalue weighted by Gasteiger charge is -2.21. The van der Waals surface area contributed by atoms with E-state index in [0.717, 1.165) is 16.2 Å². The number of nitrogens with zero attached hydrogens (tertiary/aromatic N) is 1.